The summed E-state index contributed by atoms with van der Waals surface area (Å²) in [5, 5.41) is 77.8. The molecule has 0 spiro atoms. The van der Waals surface area contributed by atoms with Crippen LogP contribution in [0.25, 0.3) is 0 Å². The number of benzene rings is 2. The lowest BCUT2D eigenvalue weighted by molar-refractivity contribution is -0.359. The lowest BCUT2D eigenvalue weighted by Crippen LogP contribution is -2.64. The maximum Gasteiger partial charge on any atom is 0.247 e. The Kier molecular flexibility index (Phi) is 18.2. The number of aliphatic hydroxyl groups excluding tert-OH is 7. The molecular weight excluding hydrogens is 849 g/mol. The van der Waals surface area contributed by atoms with Crippen molar-refractivity contribution in [3.05, 3.63) is 71.8 Å². The third kappa shape index (κ3) is 12.5. The third-order valence-corrected chi connectivity index (χ3v) is 12.6. The molecule has 0 aliphatic carbocycles. The van der Waals surface area contributed by atoms with Crippen molar-refractivity contribution in [2.24, 2.45) is 5.92 Å². The number of carbonyl (C=O) groups is 4. The summed E-state index contributed by atoms with van der Waals surface area (Å²) in [7, 11) is 0. The number of aliphatic hydroxyl groups is 7. The van der Waals surface area contributed by atoms with E-state index in [4.69, 9.17) is 18.9 Å². The summed E-state index contributed by atoms with van der Waals surface area (Å²) in [5.41, 5.74) is 1.78. The fourth-order valence-electron chi connectivity index (χ4n) is 9.06. The molecule has 2 aromatic carbocycles. The molecule has 4 heterocycles. The first kappa shape index (κ1) is 50.3. The average Bonchev–Trinajstić information content (AvgIpc) is 3.72. The SMILES string of the molecule is CC(C)CC(=O)N1CCC2CCC(C(=O)NC(c3ccccc3)c3ccccc3)N2C(=O)C(NC(=O)CCCCCO[C@@H]2O[C@H](CO)[C@@H](O[C@@H]3O[C@H](CO)[C@H](O)[C@H](O)[C@H]3O)[C@H](O)[C@H]2O)C1. The van der Waals surface area contributed by atoms with Crippen molar-refractivity contribution in [3.8, 4) is 0 Å². The van der Waals surface area contributed by atoms with Crippen LogP contribution in [0.15, 0.2) is 60.7 Å². The summed E-state index contributed by atoms with van der Waals surface area (Å²) < 4.78 is 22.3. The molecule has 360 valence electrons. The Hall–Kier alpha value is -4.12. The zero-order valence-electron chi connectivity index (χ0n) is 36.9. The van der Waals surface area contributed by atoms with E-state index in [1.54, 1.807) is 9.80 Å². The van der Waals surface area contributed by atoms with Crippen LogP contribution in [0.3, 0.4) is 0 Å². The van der Waals surface area contributed by atoms with Crippen LogP contribution in [0, 0.1) is 5.92 Å². The van der Waals surface area contributed by atoms with E-state index < -0.39 is 105 Å². The van der Waals surface area contributed by atoms with Gasteiger partial charge in [-0.05, 0) is 49.1 Å². The number of hydrogen-bond acceptors (Lipinski definition) is 15. The summed E-state index contributed by atoms with van der Waals surface area (Å²) in [5.74, 6) is -1.14. The van der Waals surface area contributed by atoms with Gasteiger partial charge in [-0.25, -0.2) is 0 Å². The highest BCUT2D eigenvalue weighted by atomic mass is 16.7. The van der Waals surface area contributed by atoms with Crippen molar-refractivity contribution in [3.63, 3.8) is 0 Å². The highest BCUT2D eigenvalue weighted by molar-refractivity contribution is 5.94. The highest BCUT2D eigenvalue weighted by Crippen LogP contribution is 2.33. The minimum atomic E-state index is -1.79. The van der Waals surface area contributed by atoms with Crippen molar-refractivity contribution >= 4 is 23.6 Å². The van der Waals surface area contributed by atoms with E-state index in [-0.39, 0.29) is 49.8 Å². The van der Waals surface area contributed by atoms with Crippen LogP contribution < -0.4 is 10.6 Å². The van der Waals surface area contributed by atoms with Crippen LogP contribution in [-0.2, 0) is 38.1 Å². The molecule has 4 aliphatic rings. The summed E-state index contributed by atoms with van der Waals surface area (Å²) in [6.45, 7) is 2.83. The number of hydrogen-bond donors (Lipinski definition) is 9. The molecular formula is C46H66N4O15. The second kappa shape index (κ2) is 23.6. The Morgan fingerprint density at radius 1 is 0.769 bits per heavy atom. The fourth-order valence-corrected chi connectivity index (χ4v) is 9.06. The number of fused-ring (bicyclic) bond motifs is 1. The molecule has 65 heavy (non-hydrogen) atoms. The van der Waals surface area contributed by atoms with Crippen LogP contribution in [0.5, 0.6) is 0 Å². The van der Waals surface area contributed by atoms with Gasteiger partial charge in [-0.1, -0.05) is 80.9 Å². The van der Waals surface area contributed by atoms with Gasteiger partial charge in [0.25, 0.3) is 0 Å². The molecule has 4 amide bonds. The van der Waals surface area contributed by atoms with Gasteiger partial charge >= 0.3 is 0 Å². The van der Waals surface area contributed by atoms with Gasteiger partial charge in [0.1, 0.15) is 60.9 Å². The fraction of sp³-hybridized carbons (Fsp3) is 0.652. The van der Waals surface area contributed by atoms with Crippen LogP contribution in [-0.4, -0.2) is 182 Å². The predicted molar refractivity (Wildman–Crippen MR) is 230 cm³/mol. The monoisotopic (exact) mass is 914 g/mol. The molecule has 4 fully saturated rings. The number of nitrogens with one attached hydrogen (secondary N) is 2. The van der Waals surface area contributed by atoms with Crippen molar-refractivity contribution in [1.82, 2.24) is 20.4 Å². The number of amides is 4. The van der Waals surface area contributed by atoms with Crippen molar-refractivity contribution in [2.75, 3.05) is 32.9 Å². The normalized spacial score (nSPS) is 31.9. The molecule has 0 aromatic heterocycles. The largest absolute Gasteiger partial charge is 0.394 e. The second-order valence-electron chi connectivity index (χ2n) is 17.8. The third-order valence-electron chi connectivity index (χ3n) is 12.6. The van der Waals surface area contributed by atoms with Gasteiger partial charge < -0.3 is 75.1 Å². The second-order valence-corrected chi connectivity index (χ2v) is 17.8. The molecule has 6 rings (SSSR count). The van der Waals surface area contributed by atoms with E-state index >= 15 is 0 Å². The smallest absolute Gasteiger partial charge is 0.247 e. The first-order valence-corrected chi connectivity index (χ1v) is 22.7. The maximum absolute atomic E-state index is 14.5. The number of rotatable bonds is 18. The molecule has 4 aliphatic heterocycles. The number of carbonyl (C=O) groups excluding carboxylic acids is 4. The minimum Gasteiger partial charge on any atom is -0.394 e. The van der Waals surface area contributed by atoms with E-state index in [1.807, 2.05) is 74.5 Å². The van der Waals surface area contributed by atoms with Crippen molar-refractivity contribution in [1.29, 1.82) is 0 Å². The quantitative estimate of drug-likeness (QED) is 0.0830. The van der Waals surface area contributed by atoms with Crippen molar-refractivity contribution in [2.45, 2.75) is 151 Å². The summed E-state index contributed by atoms with van der Waals surface area (Å²) >= 11 is 0. The number of nitrogens with zero attached hydrogens (tertiary/aromatic N) is 2. The predicted octanol–water partition coefficient (Wildman–Crippen LogP) is -0.784. The van der Waals surface area contributed by atoms with Crippen LogP contribution in [0.1, 0.15) is 82.4 Å². The summed E-state index contributed by atoms with van der Waals surface area (Å²) in [6.07, 6.45) is -12.6. The molecule has 0 bridgehead atoms. The molecule has 0 radical (unpaired) electrons. The number of unbranched alkanes of at least 4 members (excludes halogenated alkanes) is 2. The summed E-state index contributed by atoms with van der Waals surface area (Å²) in [6, 6.07) is 16.6. The van der Waals surface area contributed by atoms with Gasteiger partial charge in [0, 0.05) is 38.6 Å². The number of ether oxygens (including phenoxy) is 4. The van der Waals surface area contributed by atoms with Gasteiger partial charge in [0.15, 0.2) is 12.6 Å². The molecule has 19 nitrogen and oxygen atoms in total. The Labute approximate surface area is 378 Å². The van der Waals surface area contributed by atoms with Gasteiger partial charge in [0.2, 0.25) is 23.6 Å². The van der Waals surface area contributed by atoms with E-state index in [1.165, 1.54) is 0 Å². The molecule has 2 aromatic rings. The first-order valence-electron chi connectivity index (χ1n) is 22.7. The van der Waals surface area contributed by atoms with E-state index in [0.717, 1.165) is 11.1 Å². The average molecular weight is 915 g/mol. The zero-order chi connectivity index (χ0) is 46.8. The van der Waals surface area contributed by atoms with Gasteiger partial charge in [0.05, 0.1) is 19.3 Å². The van der Waals surface area contributed by atoms with E-state index in [0.29, 0.717) is 45.1 Å². The molecule has 0 saturated carbocycles. The van der Waals surface area contributed by atoms with Gasteiger partial charge in [-0.15, -0.1) is 0 Å². The topological polar surface area (TPSA) is 277 Å². The molecule has 19 heteroatoms. The lowest BCUT2D eigenvalue weighted by atomic mass is 9.97. The van der Waals surface area contributed by atoms with E-state index in [9.17, 15) is 54.9 Å². The van der Waals surface area contributed by atoms with E-state index in [2.05, 4.69) is 10.6 Å². The lowest BCUT2D eigenvalue weighted by Gasteiger charge is -2.45. The maximum atomic E-state index is 14.5. The van der Waals surface area contributed by atoms with Crippen LogP contribution >= 0.6 is 0 Å². The Bertz CT molecular complexity index is 1800. The standard InChI is InChI=1S/C46H66N4O15/c1-26(2)22-35(54)49-20-19-29-17-18-31(43(60)48-36(27-12-6-3-7-13-27)28-14-8-4-9-15-28)50(29)44(61)30(23-49)47-34(53)16-10-5-11-21-62-45-41(59)39(57)42(33(25-52)64-45)65-46-40(58)38(56)37(55)32(24-51)63-46/h3-4,6-9,12-15,26,29-33,36-42,45-46,51-52,55-59H,5,10-11,16-25H2,1-2H3,(H,47,53)(H,48,60)/t29?,30?,31?,32-,33-,37+,38+,39-,40-,41-,42-,45-,46+/m1/s1. The van der Waals surface area contributed by atoms with Crippen LogP contribution in [0.4, 0.5) is 0 Å². The first-order chi connectivity index (χ1) is 31.2. The highest BCUT2D eigenvalue weighted by Gasteiger charge is 2.51. The van der Waals surface area contributed by atoms with Gasteiger partial charge in [-0.3, -0.25) is 19.2 Å². The zero-order valence-corrected chi connectivity index (χ0v) is 36.9. The molecule has 4 saturated heterocycles. The Morgan fingerprint density at radius 2 is 1.40 bits per heavy atom. The molecule has 13 atom stereocenters. The minimum absolute atomic E-state index is 0.0235. The van der Waals surface area contributed by atoms with Crippen molar-refractivity contribution < 1.29 is 73.9 Å². The summed E-state index contributed by atoms with van der Waals surface area (Å²) in [4.78, 5) is 58.9. The molecule has 9 N–H and O–H groups in total. The molecule has 3 unspecified atom stereocenters. The Balaban J connectivity index is 1.03. The van der Waals surface area contributed by atoms with Crippen LogP contribution in [0.2, 0.25) is 0 Å². The van der Waals surface area contributed by atoms with Gasteiger partial charge in [-0.2, -0.15) is 0 Å². The Morgan fingerprint density at radius 3 is 2.03 bits per heavy atom.